The molecule has 1 spiro atoms. The number of nitrogen functional groups attached to an aromatic ring is 2. The highest BCUT2D eigenvalue weighted by Crippen LogP contribution is 2.63. The van der Waals surface area contributed by atoms with Crippen molar-refractivity contribution < 1.29 is 19.8 Å². The van der Waals surface area contributed by atoms with Crippen LogP contribution in [-0.2, 0) is 5.41 Å². The molecule has 6 N–H and O–H groups in total. The Morgan fingerprint density at radius 2 is 0.879 bits per heavy atom. The van der Waals surface area contributed by atoms with Crippen LogP contribution in [0.15, 0.2) is 72.8 Å². The minimum atomic E-state index is -1.03. The monoisotopic (exact) mass is 434 g/mol. The molecule has 6 rings (SSSR count). The first-order chi connectivity index (χ1) is 15.8. The summed E-state index contributed by atoms with van der Waals surface area (Å²) < 4.78 is 0. The Hall–Kier alpha value is -4.58. The van der Waals surface area contributed by atoms with Crippen molar-refractivity contribution in [2.45, 2.75) is 5.41 Å². The van der Waals surface area contributed by atoms with Gasteiger partial charge < -0.3 is 21.7 Å². The average molecular weight is 434 g/mol. The van der Waals surface area contributed by atoms with Crippen molar-refractivity contribution in [2.75, 3.05) is 11.5 Å². The summed E-state index contributed by atoms with van der Waals surface area (Å²) in [6.45, 7) is 0. The van der Waals surface area contributed by atoms with Crippen LogP contribution in [-0.4, -0.2) is 22.2 Å². The maximum Gasteiger partial charge on any atom is 0.335 e. The molecule has 0 aliphatic heterocycles. The van der Waals surface area contributed by atoms with Crippen LogP contribution >= 0.6 is 0 Å². The van der Waals surface area contributed by atoms with E-state index in [1.807, 2.05) is 48.5 Å². The molecule has 0 saturated heterocycles. The van der Waals surface area contributed by atoms with Crippen molar-refractivity contribution in [3.63, 3.8) is 0 Å². The molecule has 0 atom stereocenters. The van der Waals surface area contributed by atoms with Crippen LogP contribution in [0.25, 0.3) is 22.3 Å². The summed E-state index contributed by atoms with van der Waals surface area (Å²) in [4.78, 5) is 23.8. The number of hydrogen-bond acceptors (Lipinski definition) is 4. The second-order valence-electron chi connectivity index (χ2n) is 8.49. The molecule has 160 valence electrons. The molecule has 4 aromatic rings. The number of hydrogen-bond donors (Lipinski definition) is 4. The van der Waals surface area contributed by atoms with E-state index in [-0.39, 0.29) is 11.1 Å². The molecule has 0 heterocycles. The van der Waals surface area contributed by atoms with Crippen LogP contribution in [0, 0.1) is 0 Å². The lowest BCUT2D eigenvalue weighted by atomic mass is 9.70. The smallest absolute Gasteiger partial charge is 0.335 e. The molecule has 4 aromatic carbocycles. The van der Waals surface area contributed by atoms with Crippen molar-refractivity contribution in [2.24, 2.45) is 0 Å². The zero-order chi connectivity index (χ0) is 23.1. The van der Waals surface area contributed by atoms with Gasteiger partial charge in [-0.05, 0) is 93.0 Å². The predicted octanol–water partition coefficient (Wildman–Crippen LogP) is 4.59. The quantitative estimate of drug-likeness (QED) is 0.295. The normalized spacial score (nSPS) is 13.8. The average Bonchev–Trinajstić information content (AvgIpc) is 3.24. The number of aromatic carboxylic acids is 2. The van der Waals surface area contributed by atoms with E-state index in [1.165, 1.54) is 0 Å². The van der Waals surface area contributed by atoms with E-state index in [1.54, 1.807) is 24.3 Å². The standard InChI is InChI=1S/C27H18N2O4/c28-15-3-7-19-17-5-1-13(25(30)31)9-21(17)27(23(19)11-15)22-10-14(26(32)33)2-6-18(22)20-8-4-16(29)12-24(20)27/h1-12H,28-29H2,(H,30,31)(H,32,33). The van der Waals surface area contributed by atoms with Gasteiger partial charge in [0.2, 0.25) is 0 Å². The van der Waals surface area contributed by atoms with Gasteiger partial charge in [-0.2, -0.15) is 0 Å². The third kappa shape index (κ3) is 2.32. The summed E-state index contributed by atoms with van der Waals surface area (Å²) in [6.07, 6.45) is 0. The zero-order valence-electron chi connectivity index (χ0n) is 17.3. The third-order valence-electron chi connectivity index (χ3n) is 6.82. The molecule has 0 amide bonds. The topological polar surface area (TPSA) is 127 Å². The van der Waals surface area contributed by atoms with Gasteiger partial charge >= 0.3 is 11.9 Å². The highest BCUT2D eigenvalue weighted by molar-refractivity contribution is 5.99. The Labute approximate surface area is 188 Å². The Kier molecular flexibility index (Phi) is 3.61. The van der Waals surface area contributed by atoms with Crippen molar-refractivity contribution in [3.8, 4) is 22.3 Å². The molecule has 33 heavy (non-hydrogen) atoms. The molecular weight excluding hydrogens is 416 g/mol. The van der Waals surface area contributed by atoms with Gasteiger partial charge in [0.05, 0.1) is 16.5 Å². The van der Waals surface area contributed by atoms with Gasteiger partial charge in [0.15, 0.2) is 0 Å². The number of carbonyl (C=O) groups is 2. The lowest BCUT2D eigenvalue weighted by Gasteiger charge is -2.31. The fourth-order valence-corrected chi connectivity index (χ4v) is 5.53. The lowest BCUT2D eigenvalue weighted by molar-refractivity contribution is 0.0686. The van der Waals surface area contributed by atoms with Gasteiger partial charge in [0.1, 0.15) is 0 Å². The van der Waals surface area contributed by atoms with Crippen LogP contribution in [0.4, 0.5) is 11.4 Å². The van der Waals surface area contributed by atoms with E-state index < -0.39 is 17.4 Å². The number of carboxylic acid groups (broad SMARTS) is 2. The number of fused-ring (bicyclic) bond motifs is 10. The fraction of sp³-hybridized carbons (Fsp3) is 0.0370. The summed E-state index contributed by atoms with van der Waals surface area (Å²) in [5, 5.41) is 19.5. The summed E-state index contributed by atoms with van der Waals surface area (Å²) in [5.74, 6) is -2.07. The molecule has 0 fully saturated rings. The van der Waals surface area contributed by atoms with Gasteiger partial charge in [0, 0.05) is 11.4 Å². The molecule has 0 radical (unpaired) electrons. The fourth-order valence-electron chi connectivity index (χ4n) is 5.53. The van der Waals surface area contributed by atoms with E-state index >= 15 is 0 Å². The highest BCUT2D eigenvalue weighted by atomic mass is 16.4. The van der Waals surface area contributed by atoms with Gasteiger partial charge in [-0.25, -0.2) is 9.59 Å². The molecule has 0 bridgehead atoms. The van der Waals surface area contributed by atoms with E-state index in [9.17, 15) is 19.8 Å². The molecule has 6 nitrogen and oxygen atoms in total. The van der Waals surface area contributed by atoms with Crippen LogP contribution < -0.4 is 11.5 Å². The molecule has 2 aliphatic rings. The van der Waals surface area contributed by atoms with Gasteiger partial charge in [0.25, 0.3) is 0 Å². The predicted molar refractivity (Wildman–Crippen MR) is 125 cm³/mol. The summed E-state index contributed by atoms with van der Waals surface area (Å²) in [7, 11) is 0. The minimum absolute atomic E-state index is 0.155. The lowest BCUT2D eigenvalue weighted by Crippen LogP contribution is -2.27. The number of carboxylic acids is 2. The maximum absolute atomic E-state index is 11.9. The SMILES string of the molecule is Nc1ccc2c(c1)C1(c3cc(N)ccc3-c3ccc(C(=O)O)cc31)c1cc(C(=O)O)ccc1-2. The zero-order valence-corrected chi connectivity index (χ0v) is 17.3. The highest BCUT2D eigenvalue weighted by Gasteiger charge is 2.52. The van der Waals surface area contributed by atoms with Gasteiger partial charge in [-0.3, -0.25) is 0 Å². The first-order valence-electron chi connectivity index (χ1n) is 10.4. The second kappa shape index (κ2) is 6.23. The minimum Gasteiger partial charge on any atom is -0.478 e. The molecule has 0 aromatic heterocycles. The molecular formula is C27H18N2O4. The van der Waals surface area contributed by atoms with Crippen LogP contribution in [0.5, 0.6) is 0 Å². The van der Waals surface area contributed by atoms with E-state index in [4.69, 9.17) is 11.5 Å². The molecule has 0 unspecified atom stereocenters. The van der Waals surface area contributed by atoms with Crippen LogP contribution in [0.2, 0.25) is 0 Å². The Bertz CT molecular complexity index is 1440. The van der Waals surface area contributed by atoms with E-state index in [2.05, 4.69) is 0 Å². The third-order valence-corrected chi connectivity index (χ3v) is 6.82. The van der Waals surface area contributed by atoms with E-state index in [0.717, 1.165) is 44.5 Å². The summed E-state index contributed by atoms with van der Waals surface area (Å²) in [6, 6.07) is 21.5. The van der Waals surface area contributed by atoms with Crippen LogP contribution in [0.1, 0.15) is 43.0 Å². The Balaban J connectivity index is 1.85. The molecule has 2 aliphatic carbocycles. The largest absolute Gasteiger partial charge is 0.478 e. The Morgan fingerprint density at radius 1 is 0.545 bits per heavy atom. The van der Waals surface area contributed by atoms with Crippen molar-refractivity contribution in [1.82, 2.24) is 0 Å². The number of anilines is 2. The number of nitrogens with two attached hydrogens (primary N) is 2. The van der Waals surface area contributed by atoms with Crippen LogP contribution in [0.3, 0.4) is 0 Å². The summed E-state index contributed by atoms with van der Waals surface area (Å²) in [5.41, 5.74) is 19.9. The molecule has 6 heteroatoms. The van der Waals surface area contributed by atoms with Crippen molar-refractivity contribution >= 4 is 23.3 Å². The first-order valence-corrected chi connectivity index (χ1v) is 10.4. The maximum atomic E-state index is 11.9. The number of rotatable bonds is 2. The van der Waals surface area contributed by atoms with Crippen molar-refractivity contribution in [1.29, 1.82) is 0 Å². The number of benzene rings is 4. The van der Waals surface area contributed by atoms with E-state index in [0.29, 0.717) is 11.4 Å². The van der Waals surface area contributed by atoms with Gasteiger partial charge in [-0.15, -0.1) is 0 Å². The second-order valence-corrected chi connectivity index (χ2v) is 8.49. The summed E-state index contributed by atoms with van der Waals surface area (Å²) >= 11 is 0. The Morgan fingerprint density at radius 3 is 1.24 bits per heavy atom. The van der Waals surface area contributed by atoms with Crippen molar-refractivity contribution in [3.05, 3.63) is 106 Å². The van der Waals surface area contributed by atoms with Gasteiger partial charge in [-0.1, -0.05) is 24.3 Å². The molecule has 0 saturated carbocycles. The first kappa shape index (κ1) is 19.1.